The summed E-state index contributed by atoms with van der Waals surface area (Å²) in [6.45, 7) is 0.705. The molecular formula is C4H7NO3. The van der Waals surface area contributed by atoms with Gasteiger partial charge in [0.25, 0.3) is 0 Å². The number of oxime groups is 1. The van der Waals surface area contributed by atoms with E-state index in [-0.39, 0.29) is 5.71 Å². The first kappa shape index (κ1) is 7.10. The zero-order chi connectivity index (χ0) is 6.57. The van der Waals surface area contributed by atoms with Gasteiger partial charge in [0, 0.05) is 6.92 Å². The molecule has 0 aliphatic rings. The highest BCUT2D eigenvalue weighted by molar-refractivity contribution is 6.39. The van der Waals surface area contributed by atoms with E-state index in [1.165, 1.54) is 6.92 Å². The quantitative estimate of drug-likeness (QED) is 0.288. The molecule has 0 aromatic carbocycles. The van der Waals surface area contributed by atoms with Crippen LogP contribution < -0.4 is 0 Å². The summed E-state index contributed by atoms with van der Waals surface area (Å²) in [7, 11) is 0. The minimum Gasteiger partial charge on any atom is -0.410 e. The number of ketones is 1. The van der Waals surface area contributed by atoms with E-state index in [4.69, 9.17) is 10.3 Å². The Labute approximate surface area is 46.4 Å². The topological polar surface area (TPSA) is 69.9 Å². The van der Waals surface area contributed by atoms with E-state index >= 15 is 0 Å². The number of aliphatic hydroxyl groups excluding tert-OH is 1. The molecule has 0 aliphatic heterocycles. The molecule has 0 radical (unpaired) electrons. The molecule has 0 atom stereocenters. The van der Waals surface area contributed by atoms with Crippen molar-refractivity contribution in [2.45, 2.75) is 6.92 Å². The lowest BCUT2D eigenvalue weighted by molar-refractivity contribution is -0.111. The van der Waals surface area contributed by atoms with Crippen LogP contribution in [0.15, 0.2) is 5.16 Å². The van der Waals surface area contributed by atoms with Gasteiger partial charge in [0.2, 0.25) is 0 Å². The smallest absolute Gasteiger partial charge is 0.179 e. The molecule has 0 heterocycles. The van der Waals surface area contributed by atoms with E-state index in [1.807, 2.05) is 0 Å². The maximum atomic E-state index is 10.2. The van der Waals surface area contributed by atoms with E-state index in [2.05, 4.69) is 5.16 Å². The summed E-state index contributed by atoms with van der Waals surface area (Å²) in [5.74, 6) is -0.421. The number of rotatable bonds is 2. The number of hydrogen-bond acceptors (Lipinski definition) is 4. The Kier molecular flexibility index (Phi) is 2.79. The van der Waals surface area contributed by atoms with Crippen LogP contribution in [0.25, 0.3) is 0 Å². The number of hydrogen-bond donors (Lipinski definition) is 2. The lowest BCUT2D eigenvalue weighted by Gasteiger charge is -1.88. The van der Waals surface area contributed by atoms with Gasteiger partial charge in [-0.3, -0.25) is 4.79 Å². The molecule has 0 saturated carbocycles. The first-order chi connectivity index (χ1) is 3.72. The van der Waals surface area contributed by atoms with Crippen LogP contribution in [0.3, 0.4) is 0 Å². The molecule has 4 heteroatoms. The lowest BCUT2D eigenvalue weighted by atomic mass is 10.3. The standard InChI is InChI=1S/C4H7NO3/c1-3(7)4(2-6)5-8/h6,8H,2H2,1H3. The van der Waals surface area contributed by atoms with Crippen molar-refractivity contribution >= 4 is 11.5 Å². The molecule has 8 heavy (non-hydrogen) atoms. The van der Waals surface area contributed by atoms with Gasteiger partial charge in [-0.15, -0.1) is 0 Å². The maximum absolute atomic E-state index is 10.2. The Morgan fingerprint density at radius 1 is 1.75 bits per heavy atom. The van der Waals surface area contributed by atoms with Crippen molar-refractivity contribution < 1.29 is 15.1 Å². The SMILES string of the molecule is CC(=O)C(CO)=NO. The maximum Gasteiger partial charge on any atom is 0.179 e. The van der Waals surface area contributed by atoms with Crippen molar-refractivity contribution in [3.63, 3.8) is 0 Å². The fourth-order valence-electron chi connectivity index (χ4n) is 0.213. The second-order valence-electron chi connectivity index (χ2n) is 1.26. The number of aliphatic hydroxyl groups is 1. The van der Waals surface area contributed by atoms with Gasteiger partial charge in [-0.05, 0) is 0 Å². The fraction of sp³-hybridized carbons (Fsp3) is 0.500. The van der Waals surface area contributed by atoms with E-state index in [9.17, 15) is 4.79 Å². The number of nitrogens with zero attached hydrogens (tertiary/aromatic N) is 1. The molecule has 2 N–H and O–H groups in total. The third kappa shape index (κ3) is 1.70. The molecule has 46 valence electrons. The summed E-state index contributed by atoms with van der Waals surface area (Å²) in [5.41, 5.74) is -0.218. The van der Waals surface area contributed by atoms with Crippen molar-refractivity contribution in [1.82, 2.24) is 0 Å². The summed E-state index contributed by atoms with van der Waals surface area (Å²) >= 11 is 0. The van der Waals surface area contributed by atoms with Gasteiger partial charge >= 0.3 is 0 Å². The van der Waals surface area contributed by atoms with E-state index < -0.39 is 12.4 Å². The van der Waals surface area contributed by atoms with Crippen LogP contribution in [0, 0.1) is 0 Å². The van der Waals surface area contributed by atoms with E-state index in [0.29, 0.717) is 0 Å². The van der Waals surface area contributed by atoms with Crippen LogP contribution in [0.2, 0.25) is 0 Å². The molecule has 0 saturated heterocycles. The second-order valence-corrected chi connectivity index (χ2v) is 1.26. The van der Waals surface area contributed by atoms with Crippen molar-refractivity contribution in [3.8, 4) is 0 Å². The molecule has 4 nitrogen and oxygen atoms in total. The largest absolute Gasteiger partial charge is 0.410 e. The molecule has 0 fully saturated rings. The predicted molar refractivity (Wildman–Crippen MR) is 27.0 cm³/mol. The first-order valence-electron chi connectivity index (χ1n) is 2.05. The fourth-order valence-corrected chi connectivity index (χ4v) is 0.213. The lowest BCUT2D eigenvalue weighted by Crippen LogP contribution is -2.13. The van der Waals surface area contributed by atoms with Gasteiger partial charge in [-0.1, -0.05) is 5.16 Å². The predicted octanol–water partition coefficient (Wildman–Crippen LogP) is -0.602. The highest BCUT2D eigenvalue weighted by Crippen LogP contribution is 1.75. The average Bonchev–Trinajstić information content (AvgIpc) is 1.69. The molecule has 0 bridgehead atoms. The number of carbonyl (C=O) groups is 1. The molecule has 0 unspecified atom stereocenters. The molecule has 0 amide bonds. The van der Waals surface area contributed by atoms with Gasteiger partial charge in [0.1, 0.15) is 5.71 Å². The van der Waals surface area contributed by atoms with Gasteiger partial charge in [-0.25, -0.2) is 0 Å². The molecular weight excluding hydrogens is 110 g/mol. The zero-order valence-electron chi connectivity index (χ0n) is 4.46. The van der Waals surface area contributed by atoms with Crippen LogP contribution >= 0.6 is 0 Å². The Balaban J connectivity index is 3.92. The van der Waals surface area contributed by atoms with Crippen LogP contribution in [0.1, 0.15) is 6.92 Å². The number of Topliss-reactive ketones (excluding diaryl/α,β-unsaturated/α-hetero) is 1. The minimum atomic E-state index is -0.508. The van der Waals surface area contributed by atoms with Crippen LogP contribution in [0.4, 0.5) is 0 Å². The Morgan fingerprint density at radius 3 is 2.25 bits per heavy atom. The van der Waals surface area contributed by atoms with E-state index in [1.54, 1.807) is 0 Å². The van der Waals surface area contributed by atoms with Crippen molar-refractivity contribution in [2.75, 3.05) is 6.61 Å². The van der Waals surface area contributed by atoms with Crippen molar-refractivity contribution in [1.29, 1.82) is 0 Å². The van der Waals surface area contributed by atoms with Gasteiger partial charge < -0.3 is 10.3 Å². The van der Waals surface area contributed by atoms with Crippen molar-refractivity contribution in [3.05, 3.63) is 0 Å². The molecule has 0 aromatic heterocycles. The Morgan fingerprint density at radius 2 is 2.25 bits per heavy atom. The highest BCUT2D eigenvalue weighted by atomic mass is 16.4. The summed E-state index contributed by atoms with van der Waals surface area (Å²) in [4.78, 5) is 10.2. The first-order valence-corrected chi connectivity index (χ1v) is 2.05. The third-order valence-corrected chi connectivity index (χ3v) is 0.677. The number of carbonyl (C=O) groups excluding carboxylic acids is 1. The van der Waals surface area contributed by atoms with Crippen molar-refractivity contribution in [2.24, 2.45) is 5.16 Å². The summed E-state index contributed by atoms with van der Waals surface area (Å²) in [6, 6.07) is 0. The normalized spacial score (nSPS) is 11.5. The van der Waals surface area contributed by atoms with Crippen LogP contribution in [0.5, 0.6) is 0 Å². The minimum absolute atomic E-state index is 0.218. The van der Waals surface area contributed by atoms with E-state index in [0.717, 1.165) is 0 Å². The van der Waals surface area contributed by atoms with Gasteiger partial charge in [-0.2, -0.15) is 0 Å². The monoisotopic (exact) mass is 117 g/mol. The van der Waals surface area contributed by atoms with Crippen LogP contribution in [-0.2, 0) is 4.79 Å². The zero-order valence-corrected chi connectivity index (χ0v) is 4.46. The molecule has 0 aliphatic carbocycles. The Bertz CT molecular complexity index is 118. The van der Waals surface area contributed by atoms with Gasteiger partial charge in [0.15, 0.2) is 5.78 Å². The summed E-state index contributed by atoms with van der Waals surface area (Å²) in [5, 5.41) is 18.6. The molecule has 0 aromatic rings. The van der Waals surface area contributed by atoms with Crippen LogP contribution in [-0.4, -0.2) is 28.4 Å². The molecule has 0 rings (SSSR count). The van der Waals surface area contributed by atoms with Gasteiger partial charge in [0.05, 0.1) is 6.61 Å². The molecule has 0 spiro atoms. The highest BCUT2D eigenvalue weighted by Gasteiger charge is 2.01. The summed E-state index contributed by atoms with van der Waals surface area (Å²) in [6.07, 6.45) is 0. The average molecular weight is 117 g/mol. The second kappa shape index (κ2) is 3.15. The third-order valence-electron chi connectivity index (χ3n) is 0.677. The summed E-state index contributed by atoms with van der Waals surface area (Å²) < 4.78 is 0. The Hall–Kier alpha value is -0.900.